The molecule has 2 aromatic carbocycles. The molecule has 1 aliphatic heterocycles. The summed E-state index contributed by atoms with van der Waals surface area (Å²) < 4.78 is 53.3. The van der Waals surface area contributed by atoms with Crippen molar-refractivity contribution in [2.75, 3.05) is 6.79 Å². The molecule has 0 atom stereocenters. The van der Waals surface area contributed by atoms with Crippen LogP contribution in [0.15, 0.2) is 48.5 Å². The first-order chi connectivity index (χ1) is 14.0. The third-order valence-corrected chi connectivity index (χ3v) is 4.82. The molecule has 0 bridgehead atoms. The van der Waals surface area contributed by atoms with Gasteiger partial charge in [-0.3, -0.25) is 0 Å². The molecule has 0 unspecified atom stereocenters. The van der Waals surface area contributed by atoms with Crippen LogP contribution in [0.5, 0.6) is 11.5 Å². The minimum atomic E-state index is -2.71. The minimum absolute atomic E-state index is 0.115. The Kier molecular flexibility index (Phi) is 3.94. The second kappa shape index (κ2) is 6.51. The van der Waals surface area contributed by atoms with Gasteiger partial charge in [-0.25, -0.2) is 22.8 Å². The summed E-state index contributed by atoms with van der Waals surface area (Å²) in [5.41, 5.74) is 2.04. The van der Waals surface area contributed by atoms with E-state index in [1.54, 1.807) is 25.1 Å². The first-order valence-corrected chi connectivity index (χ1v) is 8.85. The highest BCUT2D eigenvalue weighted by molar-refractivity contribution is 5.86. The highest BCUT2D eigenvalue weighted by atomic mass is 19.3. The van der Waals surface area contributed by atoms with E-state index in [2.05, 4.69) is 10.1 Å². The molecule has 0 radical (unpaired) electrons. The molecule has 0 amide bonds. The number of aryl methyl sites for hydroxylation is 1. The molecule has 29 heavy (non-hydrogen) atoms. The van der Waals surface area contributed by atoms with E-state index in [1.165, 1.54) is 35.0 Å². The quantitative estimate of drug-likeness (QED) is 0.477. The molecular weight excluding hydrogens is 383 g/mol. The van der Waals surface area contributed by atoms with Gasteiger partial charge in [0.05, 0.1) is 22.5 Å². The lowest BCUT2D eigenvalue weighted by molar-refractivity contribution is 0.153. The van der Waals surface area contributed by atoms with Gasteiger partial charge in [0.25, 0.3) is 6.43 Å². The number of nitrogens with zero attached hydrogens (tertiary/aromatic N) is 3. The summed E-state index contributed by atoms with van der Waals surface area (Å²) in [5, 5.41) is 4.66. The van der Waals surface area contributed by atoms with Crippen molar-refractivity contribution < 1.29 is 22.6 Å². The summed E-state index contributed by atoms with van der Waals surface area (Å²) in [7, 11) is 0. The molecule has 0 fully saturated rings. The van der Waals surface area contributed by atoms with Crippen molar-refractivity contribution in [3.8, 4) is 28.4 Å². The van der Waals surface area contributed by atoms with Gasteiger partial charge in [-0.1, -0.05) is 0 Å². The Hall–Kier alpha value is -3.55. The van der Waals surface area contributed by atoms with Crippen molar-refractivity contribution in [1.82, 2.24) is 14.8 Å². The van der Waals surface area contributed by atoms with Crippen molar-refractivity contribution in [2.45, 2.75) is 13.3 Å². The Bertz CT molecular complexity index is 1240. The number of pyridine rings is 1. The van der Waals surface area contributed by atoms with E-state index >= 15 is 0 Å². The van der Waals surface area contributed by atoms with Crippen LogP contribution in [0.2, 0.25) is 0 Å². The van der Waals surface area contributed by atoms with Gasteiger partial charge in [-0.05, 0) is 55.5 Å². The normalized spacial score (nSPS) is 12.9. The smallest absolute Gasteiger partial charge is 0.264 e. The van der Waals surface area contributed by atoms with Gasteiger partial charge in [-0.2, -0.15) is 5.10 Å². The van der Waals surface area contributed by atoms with Crippen LogP contribution in [0.4, 0.5) is 13.2 Å². The number of halogens is 3. The van der Waals surface area contributed by atoms with Gasteiger partial charge in [0.1, 0.15) is 5.82 Å². The highest BCUT2D eigenvalue weighted by Crippen LogP contribution is 2.38. The Morgan fingerprint density at radius 3 is 2.52 bits per heavy atom. The van der Waals surface area contributed by atoms with Crippen LogP contribution in [0.1, 0.15) is 17.7 Å². The SMILES string of the molecule is Cc1nn(-c2ccc(F)cc2)c2nc(-c3ccc4c(c3)OCO4)cc(C(F)F)c12. The summed E-state index contributed by atoms with van der Waals surface area (Å²) in [4.78, 5) is 4.61. The van der Waals surface area contributed by atoms with E-state index in [9.17, 15) is 13.2 Å². The lowest BCUT2D eigenvalue weighted by Crippen LogP contribution is -2.00. The monoisotopic (exact) mass is 397 g/mol. The maximum Gasteiger partial charge on any atom is 0.264 e. The maximum atomic E-state index is 13.9. The number of rotatable bonds is 3. The Labute approximate surface area is 163 Å². The van der Waals surface area contributed by atoms with E-state index in [-0.39, 0.29) is 23.4 Å². The number of hydrogen-bond donors (Lipinski definition) is 0. The largest absolute Gasteiger partial charge is 0.454 e. The number of alkyl halides is 2. The molecule has 146 valence electrons. The van der Waals surface area contributed by atoms with E-state index in [4.69, 9.17) is 9.47 Å². The van der Waals surface area contributed by atoms with E-state index in [0.717, 1.165) is 0 Å². The van der Waals surface area contributed by atoms with Gasteiger partial charge in [-0.15, -0.1) is 0 Å². The molecule has 5 nitrogen and oxygen atoms in total. The third kappa shape index (κ3) is 2.88. The Balaban J connectivity index is 1.76. The molecule has 0 aliphatic carbocycles. The fourth-order valence-corrected chi connectivity index (χ4v) is 3.46. The molecule has 3 heterocycles. The van der Waals surface area contributed by atoms with Crippen LogP contribution in [-0.2, 0) is 0 Å². The molecule has 1 aliphatic rings. The summed E-state index contributed by atoms with van der Waals surface area (Å²) >= 11 is 0. The summed E-state index contributed by atoms with van der Waals surface area (Å²) in [6.45, 7) is 1.76. The Morgan fingerprint density at radius 1 is 1.00 bits per heavy atom. The van der Waals surface area contributed by atoms with Crippen molar-refractivity contribution in [2.24, 2.45) is 0 Å². The first kappa shape index (κ1) is 17.5. The van der Waals surface area contributed by atoms with Crippen LogP contribution in [-0.4, -0.2) is 21.6 Å². The van der Waals surface area contributed by atoms with Crippen LogP contribution >= 0.6 is 0 Å². The molecule has 4 aromatic rings. The summed E-state index contributed by atoms with van der Waals surface area (Å²) in [6, 6.07) is 12.2. The number of ether oxygens (including phenoxy) is 2. The van der Waals surface area contributed by atoms with E-state index in [1.807, 2.05) is 0 Å². The lowest BCUT2D eigenvalue weighted by Gasteiger charge is -2.09. The molecule has 0 spiro atoms. The predicted octanol–water partition coefficient (Wildman–Crippen LogP) is 5.20. The lowest BCUT2D eigenvalue weighted by atomic mass is 10.1. The van der Waals surface area contributed by atoms with Crippen LogP contribution < -0.4 is 9.47 Å². The van der Waals surface area contributed by atoms with Crippen LogP contribution in [0.25, 0.3) is 28.0 Å². The topological polar surface area (TPSA) is 49.2 Å². The zero-order valence-corrected chi connectivity index (χ0v) is 15.2. The maximum absolute atomic E-state index is 13.9. The second-order valence-electron chi connectivity index (χ2n) is 6.64. The van der Waals surface area contributed by atoms with Gasteiger partial charge in [0, 0.05) is 11.1 Å². The molecule has 0 N–H and O–H groups in total. The number of hydrogen-bond acceptors (Lipinski definition) is 4. The van der Waals surface area contributed by atoms with Crippen molar-refractivity contribution in [1.29, 1.82) is 0 Å². The van der Waals surface area contributed by atoms with Crippen molar-refractivity contribution in [3.05, 3.63) is 65.6 Å². The standard InChI is InChI=1S/C21H14F3N3O2/c1-11-19-15(20(23)24)9-16(12-2-7-17-18(8-12)29-10-28-17)25-21(19)27(26-11)14-5-3-13(22)4-6-14/h2-9,20H,10H2,1H3. The predicted molar refractivity (Wildman–Crippen MR) is 100 cm³/mol. The fourth-order valence-electron chi connectivity index (χ4n) is 3.46. The second-order valence-corrected chi connectivity index (χ2v) is 6.64. The molecule has 8 heteroatoms. The molecule has 0 saturated carbocycles. The van der Waals surface area contributed by atoms with Crippen LogP contribution in [0, 0.1) is 12.7 Å². The number of fused-ring (bicyclic) bond motifs is 2. The zero-order chi connectivity index (χ0) is 20.1. The average Bonchev–Trinajstić information content (AvgIpc) is 3.32. The zero-order valence-electron chi connectivity index (χ0n) is 15.2. The average molecular weight is 397 g/mol. The number of benzene rings is 2. The van der Waals surface area contributed by atoms with Crippen molar-refractivity contribution in [3.63, 3.8) is 0 Å². The Morgan fingerprint density at radius 2 is 1.76 bits per heavy atom. The molecular formula is C21H14F3N3O2. The van der Waals surface area contributed by atoms with Gasteiger partial charge in [0.2, 0.25) is 6.79 Å². The van der Waals surface area contributed by atoms with E-state index < -0.39 is 12.2 Å². The molecule has 2 aromatic heterocycles. The number of aromatic nitrogens is 3. The fraction of sp³-hybridized carbons (Fsp3) is 0.143. The van der Waals surface area contributed by atoms with Crippen molar-refractivity contribution >= 4 is 11.0 Å². The summed E-state index contributed by atoms with van der Waals surface area (Å²) in [6.07, 6.45) is -2.71. The molecule has 5 rings (SSSR count). The minimum Gasteiger partial charge on any atom is -0.454 e. The summed E-state index contributed by atoms with van der Waals surface area (Å²) in [5.74, 6) is 0.728. The van der Waals surface area contributed by atoms with Gasteiger partial charge in [0.15, 0.2) is 17.1 Å². The van der Waals surface area contributed by atoms with Gasteiger partial charge >= 0.3 is 0 Å². The van der Waals surface area contributed by atoms with Crippen LogP contribution in [0.3, 0.4) is 0 Å². The van der Waals surface area contributed by atoms with Gasteiger partial charge < -0.3 is 9.47 Å². The third-order valence-electron chi connectivity index (χ3n) is 4.82. The van der Waals surface area contributed by atoms with E-state index in [0.29, 0.717) is 34.1 Å². The molecule has 0 saturated heterocycles. The first-order valence-electron chi connectivity index (χ1n) is 8.85. The highest BCUT2D eigenvalue weighted by Gasteiger charge is 2.22.